The predicted molar refractivity (Wildman–Crippen MR) is 89.7 cm³/mol. The Kier molecular flexibility index (Phi) is 3.67. The predicted octanol–water partition coefficient (Wildman–Crippen LogP) is 2.68. The molecule has 0 bridgehead atoms. The van der Waals surface area contributed by atoms with Crippen LogP contribution in [0.2, 0.25) is 0 Å². The van der Waals surface area contributed by atoms with Crippen molar-refractivity contribution in [3.63, 3.8) is 0 Å². The van der Waals surface area contributed by atoms with E-state index < -0.39 is 0 Å². The van der Waals surface area contributed by atoms with Gasteiger partial charge in [-0.15, -0.1) is 0 Å². The molecule has 0 spiro atoms. The molecule has 3 aromatic rings. The quantitative estimate of drug-likeness (QED) is 0.710. The lowest BCUT2D eigenvalue weighted by Crippen LogP contribution is -2.21. The van der Waals surface area contributed by atoms with E-state index in [2.05, 4.69) is 43.1 Å². The number of nitrogens with one attached hydrogen (secondary N) is 1. The summed E-state index contributed by atoms with van der Waals surface area (Å²) in [5, 5.41) is 5.63. The minimum atomic E-state index is 0.340. The fourth-order valence-corrected chi connectivity index (χ4v) is 3.45. The number of aromatic nitrogens is 5. The molecule has 3 N–H and O–H groups in total. The van der Waals surface area contributed by atoms with E-state index in [1.807, 2.05) is 18.5 Å². The maximum atomic E-state index is 5.83. The van der Waals surface area contributed by atoms with Gasteiger partial charge in [0, 0.05) is 23.3 Å². The standard InChI is InChI=1S/C17H20N6/c18-7-5-15(12-3-1-2-4-12)23-10-13(9-22-23)16-14-6-8-19-17(14)21-11-20-16/h1-2,6,8-12,15H,3-5,7,18H2,(H,19,20,21)/t15-/m1/s1. The second-order valence-electron chi connectivity index (χ2n) is 6.02. The van der Waals surface area contributed by atoms with Gasteiger partial charge in [0.25, 0.3) is 0 Å². The van der Waals surface area contributed by atoms with Gasteiger partial charge in [-0.05, 0) is 37.8 Å². The Morgan fingerprint density at radius 3 is 3.00 bits per heavy atom. The van der Waals surface area contributed by atoms with Crippen LogP contribution in [0.1, 0.15) is 25.3 Å². The van der Waals surface area contributed by atoms with Gasteiger partial charge in [-0.3, -0.25) is 4.68 Å². The van der Waals surface area contributed by atoms with E-state index in [1.165, 1.54) is 0 Å². The lowest BCUT2D eigenvalue weighted by molar-refractivity contribution is 0.303. The fraction of sp³-hybridized carbons (Fsp3) is 0.353. The Morgan fingerprint density at radius 2 is 2.17 bits per heavy atom. The maximum absolute atomic E-state index is 5.83. The molecule has 0 radical (unpaired) electrons. The monoisotopic (exact) mass is 308 g/mol. The Hall–Kier alpha value is -2.47. The van der Waals surface area contributed by atoms with Crippen LogP contribution in [0.4, 0.5) is 0 Å². The smallest absolute Gasteiger partial charge is 0.141 e. The molecule has 6 nitrogen and oxygen atoms in total. The number of allylic oxidation sites excluding steroid dienone is 2. The third-order valence-corrected chi connectivity index (χ3v) is 4.62. The van der Waals surface area contributed by atoms with Gasteiger partial charge in [0.15, 0.2) is 0 Å². The molecule has 0 amide bonds. The molecule has 0 saturated heterocycles. The van der Waals surface area contributed by atoms with E-state index in [-0.39, 0.29) is 0 Å². The zero-order chi connectivity index (χ0) is 15.6. The lowest BCUT2D eigenvalue weighted by Gasteiger charge is -2.23. The first kappa shape index (κ1) is 14.1. The summed E-state index contributed by atoms with van der Waals surface area (Å²) in [7, 11) is 0. The Bertz CT molecular complexity index is 822. The summed E-state index contributed by atoms with van der Waals surface area (Å²) in [6.45, 7) is 0.673. The van der Waals surface area contributed by atoms with Crippen LogP contribution in [0.5, 0.6) is 0 Å². The minimum Gasteiger partial charge on any atom is -0.346 e. The normalized spacial score (nSPS) is 16.4. The molecular formula is C17H20N6. The molecule has 1 aliphatic rings. The summed E-state index contributed by atoms with van der Waals surface area (Å²) in [4.78, 5) is 11.8. The number of fused-ring (bicyclic) bond motifs is 1. The van der Waals surface area contributed by atoms with Gasteiger partial charge in [0.1, 0.15) is 12.0 Å². The van der Waals surface area contributed by atoms with E-state index in [0.717, 1.165) is 41.6 Å². The third kappa shape index (κ3) is 2.55. The first-order valence-electron chi connectivity index (χ1n) is 8.04. The summed E-state index contributed by atoms with van der Waals surface area (Å²) in [6.07, 6.45) is 15.1. The van der Waals surface area contributed by atoms with Gasteiger partial charge in [-0.2, -0.15) is 5.10 Å². The molecule has 0 saturated carbocycles. The van der Waals surface area contributed by atoms with Crippen molar-refractivity contribution < 1.29 is 0 Å². The van der Waals surface area contributed by atoms with Gasteiger partial charge < -0.3 is 10.7 Å². The Morgan fingerprint density at radius 1 is 1.30 bits per heavy atom. The highest BCUT2D eigenvalue weighted by Gasteiger charge is 2.24. The first-order valence-corrected chi connectivity index (χ1v) is 8.04. The van der Waals surface area contributed by atoms with Crippen molar-refractivity contribution in [3.05, 3.63) is 43.1 Å². The molecule has 0 fully saturated rings. The van der Waals surface area contributed by atoms with Crippen LogP contribution >= 0.6 is 0 Å². The van der Waals surface area contributed by atoms with E-state index in [0.29, 0.717) is 18.5 Å². The zero-order valence-electron chi connectivity index (χ0n) is 12.9. The SMILES string of the molecule is NCC[C@H](C1CC=CC1)n1cc(-c2ncnc3[nH]ccc23)cn1. The van der Waals surface area contributed by atoms with Crippen LogP contribution in [-0.4, -0.2) is 31.3 Å². The molecule has 4 rings (SSSR count). The average molecular weight is 308 g/mol. The molecule has 118 valence electrons. The summed E-state index contributed by atoms with van der Waals surface area (Å²) >= 11 is 0. The topological polar surface area (TPSA) is 85.4 Å². The van der Waals surface area contributed by atoms with Crippen LogP contribution < -0.4 is 5.73 Å². The Balaban J connectivity index is 1.69. The summed E-state index contributed by atoms with van der Waals surface area (Å²) in [5.41, 5.74) is 8.61. The van der Waals surface area contributed by atoms with Crippen molar-refractivity contribution in [2.45, 2.75) is 25.3 Å². The summed E-state index contributed by atoms with van der Waals surface area (Å²) < 4.78 is 2.07. The number of nitrogens with zero attached hydrogens (tertiary/aromatic N) is 4. The Labute approximate surface area is 134 Å². The zero-order valence-corrected chi connectivity index (χ0v) is 12.9. The van der Waals surface area contributed by atoms with E-state index >= 15 is 0 Å². The maximum Gasteiger partial charge on any atom is 0.141 e. The highest BCUT2D eigenvalue weighted by Crippen LogP contribution is 2.33. The van der Waals surface area contributed by atoms with Crippen LogP contribution in [-0.2, 0) is 0 Å². The van der Waals surface area contributed by atoms with Crippen molar-refractivity contribution in [2.75, 3.05) is 6.54 Å². The van der Waals surface area contributed by atoms with Crippen molar-refractivity contribution in [1.29, 1.82) is 0 Å². The van der Waals surface area contributed by atoms with Gasteiger partial charge in [0.05, 0.1) is 17.9 Å². The number of aromatic amines is 1. The first-order chi connectivity index (χ1) is 11.4. The number of nitrogens with two attached hydrogens (primary N) is 1. The minimum absolute atomic E-state index is 0.340. The molecule has 3 aromatic heterocycles. The van der Waals surface area contributed by atoms with E-state index in [1.54, 1.807) is 6.33 Å². The average Bonchev–Trinajstić information content (AvgIpc) is 3.32. The number of hydrogen-bond acceptors (Lipinski definition) is 4. The molecule has 23 heavy (non-hydrogen) atoms. The summed E-state index contributed by atoms with van der Waals surface area (Å²) in [6, 6.07) is 2.34. The third-order valence-electron chi connectivity index (χ3n) is 4.62. The molecule has 6 heteroatoms. The largest absolute Gasteiger partial charge is 0.346 e. The van der Waals surface area contributed by atoms with Gasteiger partial charge >= 0.3 is 0 Å². The van der Waals surface area contributed by atoms with Crippen molar-refractivity contribution >= 4 is 11.0 Å². The van der Waals surface area contributed by atoms with E-state index in [4.69, 9.17) is 5.73 Å². The second kappa shape index (κ2) is 5.96. The second-order valence-corrected chi connectivity index (χ2v) is 6.02. The number of rotatable bonds is 5. The van der Waals surface area contributed by atoms with Crippen LogP contribution in [0, 0.1) is 5.92 Å². The van der Waals surface area contributed by atoms with Crippen LogP contribution in [0.15, 0.2) is 43.1 Å². The van der Waals surface area contributed by atoms with Gasteiger partial charge in [-0.25, -0.2) is 9.97 Å². The molecule has 1 atom stereocenters. The highest BCUT2D eigenvalue weighted by molar-refractivity contribution is 5.89. The van der Waals surface area contributed by atoms with Crippen molar-refractivity contribution in [1.82, 2.24) is 24.7 Å². The fourth-order valence-electron chi connectivity index (χ4n) is 3.45. The van der Waals surface area contributed by atoms with Crippen molar-refractivity contribution in [2.24, 2.45) is 11.7 Å². The van der Waals surface area contributed by atoms with Gasteiger partial charge in [-0.1, -0.05) is 12.2 Å². The molecule has 0 aromatic carbocycles. The van der Waals surface area contributed by atoms with Gasteiger partial charge in [0.2, 0.25) is 0 Å². The number of hydrogen-bond donors (Lipinski definition) is 2. The summed E-state index contributed by atoms with van der Waals surface area (Å²) in [5.74, 6) is 0.587. The van der Waals surface area contributed by atoms with Crippen LogP contribution in [0.3, 0.4) is 0 Å². The number of H-pyrrole nitrogens is 1. The molecule has 3 heterocycles. The molecule has 0 aliphatic heterocycles. The lowest BCUT2D eigenvalue weighted by atomic mass is 9.95. The molecule has 1 aliphatic carbocycles. The van der Waals surface area contributed by atoms with E-state index in [9.17, 15) is 0 Å². The molecule has 0 unspecified atom stereocenters. The van der Waals surface area contributed by atoms with Crippen LogP contribution in [0.25, 0.3) is 22.3 Å². The van der Waals surface area contributed by atoms with Crippen molar-refractivity contribution in [3.8, 4) is 11.3 Å². The molecular weight excluding hydrogens is 288 g/mol. The highest BCUT2D eigenvalue weighted by atomic mass is 15.3.